The summed E-state index contributed by atoms with van der Waals surface area (Å²) in [6, 6.07) is 0. The van der Waals surface area contributed by atoms with Crippen LogP contribution in [-0.2, 0) is 12.8 Å². The second kappa shape index (κ2) is 5.08. The van der Waals surface area contributed by atoms with E-state index in [9.17, 15) is 0 Å². The lowest BCUT2D eigenvalue weighted by Gasteiger charge is -2.17. The van der Waals surface area contributed by atoms with Crippen LogP contribution in [0.5, 0.6) is 0 Å². The molecule has 0 atom stereocenters. The first kappa shape index (κ1) is 11.2. The van der Waals surface area contributed by atoms with E-state index in [1.54, 1.807) is 0 Å². The molecular formula is C12H20N2. The second-order valence-corrected chi connectivity index (χ2v) is 3.54. The van der Waals surface area contributed by atoms with E-state index >= 15 is 0 Å². The van der Waals surface area contributed by atoms with Gasteiger partial charge >= 0.3 is 0 Å². The molecule has 0 radical (unpaired) electrons. The molecule has 2 rings (SSSR count). The number of hydrogen-bond acceptors (Lipinski definition) is 2. The molecule has 0 N–H and O–H groups in total. The summed E-state index contributed by atoms with van der Waals surface area (Å²) < 4.78 is 0. The quantitative estimate of drug-likeness (QED) is 0.631. The SMILES string of the molecule is CC.Cc1nnc(C)c2c1CCCC2. The van der Waals surface area contributed by atoms with Gasteiger partial charge < -0.3 is 0 Å². The highest BCUT2D eigenvalue weighted by Gasteiger charge is 2.14. The number of hydrogen-bond donors (Lipinski definition) is 0. The Bertz CT molecular complexity index is 274. The molecule has 1 aromatic heterocycles. The number of nitrogens with zero attached hydrogens (tertiary/aromatic N) is 2. The summed E-state index contributed by atoms with van der Waals surface area (Å²) in [5.41, 5.74) is 5.20. The first-order chi connectivity index (χ1) is 6.79. The molecule has 0 spiro atoms. The number of fused-ring (bicyclic) bond motifs is 1. The Labute approximate surface area is 86.8 Å². The van der Waals surface area contributed by atoms with Gasteiger partial charge in [-0.1, -0.05) is 13.8 Å². The molecule has 0 unspecified atom stereocenters. The van der Waals surface area contributed by atoms with Crippen LogP contribution in [-0.4, -0.2) is 10.2 Å². The van der Waals surface area contributed by atoms with Gasteiger partial charge in [-0.05, 0) is 50.7 Å². The Kier molecular flexibility index (Phi) is 4.05. The van der Waals surface area contributed by atoms with Crippen molar-refractivity contribution >= 4 is 0 Å². The molecule has 2 heteroatoms. The zero-order valence-electron chi connectivity index (χ0n) is 9.72. The van der Waals surface area contributed by atoms with Crippen molar-refractivity contribution in [1.82, 2.24) is 10.2 Å². The lowest BCUT2D eigenvalue weighted by molar-refractivity contribution is 0.660. The fourth-order valence-corrected chi connectivity index (χ4v) is 1.97. The van der Waals surface area contributed by atoms with Gasteiger partial charge in [0.1, 0.15) is 0 Å². The maximum absolute atomic E-state index is 4.14. The topological polar surface area (TPSA) is 25.8 Å². The molecule has 14 heavy (non-hydrogen) atoms. The van der Waals surface area contributed by atoms with E-state index in [0.717, 1.165) is 11.4 Å². The molecule has 0 aliphatic heterocycles. The minimum Gasteiger partial charge on any atom is -0.155 e. The van der Waals surface area contributed by atoms with Crippen molar-refractivity contribution in [2.24, 2.45) is 0 Å². The molecule has 78 valence electrons. The summed E-state index contributed by atoms with van der Waals surface area (Å²) in [5.74, 6) is 0. The molecule has 1 aliphatic carbocycles. The third-order valence-corrected chi connectivity index (χ3v) is 2.69. The van der Waals surface area contributed by atoms with Gasteiger partial charge in [0.25, 0.3) is 0 Å². The van der Waals surface area contributed by atoms with E-state index in [4.69, 9.17) is 0 Å². The van der Waals surface area contributed by atoms with E-state index in [1.807, 2.05) is 13.8 Å². The fraction of sp³-hybridized carbons (Fsp3) is 0.667. The predicted molar refractivity (Wildman–Crippen MR) is 59.5 cm³/mol. The van der Waals surface area contributed by atoms with Gasteiger partial charge in [0.2, 0.25) is 0 Å². The van der Waals surface area contributed by atoms with E-state index in [2.05, 4.69) is 24.0 Å². The molecule has 0 saturated heterocycles. The van der Waals surface area contributed by atoms with Crippen molar-refractivity contribution in [2.45, 2.75) is 53.4 Å². The number of aromatic nitrogens is 2. The molecule has 0 amide bonds. The number of aryl methyl sites for hydroxylation is 2. The highest BCUT2D eigenvalue weighted by molar-refractivity contribution is 5.33. The van der Waals surface area contributed by atoms with Gasteiger partial charge in [0, 0.05) is 0 Å². The van der Waals surface area contributed by atoms with Gasteiger partial charge in [-0.25, -0.2) is 0 Å². The first-order valence-electron chi connectivity index (χ1n) is 5.60. The van der Waals surface area contributed by atoms with Crippen LogP contribution in [0.1, 0.15) is 49.2 Å². The Morgan fingerprint density at radius 1 is 0.786 bits per heavy atom. The molecule has 1 heterocycles. The van der Waals surface area contributed by atoms with Gasteiger partial charge in [-0.2, -0.15) is 10.2 Å². The van der Waals surface area contributed by atoms with Crippen molar-refractivity contribution in [3.05, 3.63) is 22.5 Å². The highest BCUT2D eigenvalue weighted by atomic mass is 15.1. The van der Waals surface area contributed by atoms with Crippen LogP contribution < -0.4 is 0 Å². The van der Waals surface area contributed by atoms with Crippen LogP contribution in [0.15, 0.2) is 0 Å². The summed E-state index contributed by atoms with van der Waals surface area (Å²) in [5, 5.41) is 8.28. The normalized spacial score (nSPS) is 14.0. The lowest BCUT2D eigenvalue weighted by Crippen LogP contribution is -2.10. The van der Waals surface area contributed by atoms with E-state index in [0.29, 0.717) is 0 Å². The van der Waals surface area contributed by atoms with Gasteiger partial charge in [-0.15, -0.1) is 0 Å². The fourth-order valence-electron chi connectivity index (χ4n) is 1.97. The van der Waals surface area contributed by atoms with Crippen molar-refractivity contribution in [3.8, 4) is 0 Å². The third-order valence-electron chi connectivity index (χ3n) is 2.69. The highest BCUT2D eigenvalue weighted by Crippen LogP contribution is 2.23. The molecule has 0 bridgehead atoms. The minimum absolute atomic E-state index is 1.13. The van der Waals surface area contributed by atoms with Crippen molar-refractivity contribution in [1.29, 1.82) is 0 Å². The van der Waals surface area contributed by atoms with Crippen molar-refractivity contribution in [2.75, 3.05) is 0 Å². The molecule has 2 nitrogen and oxygen atoms in total. The molecule has 0 fully saturated rings. The van der Waals surface area contributed by atoms with Crippen LogP contribution in [0.4, 0.5) is 0 Å². The predicted octanol–water partition coefficient (Wildman–Crippen LogP) is 3.00. The lowest BCUT2D eigenvalue weighted by atomic mass is 9.90. The van der Waals surface area contributed by atoms with Crippen LogP contribution in [0.25, 0.3) is 0 Å². The summed E-state index contributed by atoms with van der Waals surface area (Å²) in [6.07, 6.45) is 5.05. The van der Waals surface area contributed by atoms with Crippen LogP contribution >= 0.6 is 0 Å². The van der Waals surface area contributed by atoms with Crippen molar-refractivity contribution in [3.63, 3.8) is 0 Å². The average molecular weight is 192 g/mol. The Morgan fingerprint density at radius 3 is 1.50 bits per heavy atom. The maximum Gasteiger partial charge on any atom is 0.0635 e. The largest absolute Gasteiger partial charge is 0.155 e. The third kappa shape index (κ3) is 2.11. The Balaban J connectivity index is 0.000000461. The standard InChI is InChI=1S/C10H14N2.C2H6/c1-7-9-5-3-4-6-10(9)8(2)12-11-7;1-2/h3-6H2,1-2H3;1-2H3. The summed E-state index contributed by atoms with van der Waals surface area (Å²) in [4.78, 5) is 0. The molecular weight excluding hydrogens is 172 g/mol. The van der Waals surface area contributed by atoms with Crippen molar-refractivity contribution < 1.29 is 0 Å². The first-order valence-corrected chi connectivity index (χ1v) is 5.60. The maximum atomic E-state index is 4.14. The van der Waals surface area contributed by atoms with Gasteiger partial charge in [0.15, 0.2) is 0 Å². The molecule has 1 aromatic rings. The monoisotopic (exact) mass is 192 g/mol. The zero-order chi connectivity index (χ0) is 10.6. The van der Waals surface area contributed by atoms with Gasteiger partial charge in [0.05, 0.1) is 11.4 Å². The van der Waals surface area contributed by atoms with Crippen LogP contribution in [0.2, 0.25) is 0 Å². The number of rotatable bonds is 0. The van der Waals surface area contributed by atoms with Crippen LogP contribution in [0, 0.1) is 13.8 Å². The summed E-state index contributed by atoms with van der Waals surface area (Å²) in [7, 11) is 0. The summed E-state index contributed by atoms with van der Waals surface area (Å²) >= 11 is 0. The van der Waals surface area contributed by atoms with E-state index in [-0.39, 0.29) is 0 Å². The van der Waals surface area contributed by atoms with Crippen LogP contribution in [0.3, 0.4) is 0 Å². The Morgan fingerprint density at radius 2 is 1.14 bits per heavy atom. The smallest absolute Gasteiger partial charge is 0.0635 e. The molecule has 0 saturated carbocycles. The summed E-state index contributed by atoms with van der Waals surface area (Å²) in [6.45, 7) is 8.13. The Hall–Kier alpha value is -0.920. The molecule has 0 aromatic carbocycles. The molecule has 1 aliphatic rings. The second-order valence-electron chi connectivity index (χ2n) is 3.54. The minimum atomic E-state index is 1.13. The van der Waals surface area contributed by atoms with E-state index < -0.39 is 0 Å². The zero-order valence-corrected chi connectivity index (χ0v) is 9.72. The van der Waals surface area contributed by atoms with Gasteiger partial charge in [-0.3, -0.25) is 0 Å². The van der Waals surface area contributed by atoms with E-state index in [1.165, 1.54) is 36.8 Å². The average Bonchev–Trinajstić information content (AvgIpc) is 2.27.